The zero-order chi connectivity index (χ0) is 19.5. The summed E-state index contributed by atoms with van der Waals surface area (Å²) in [6.45, 7) is 0.221. The number of esters is 1. The topological polar surface area (TPSA) is 90.9 Å². The highest BCUT2D eigenvalue weighted by atomic mass is 16.6. The van der Waals surface area contributed by atoms with E-state index in [9.17, 15) is 14.4 Å². The Bertz CT molecular complexity index is 735. The molecule has 2 aromatic rings. The van der Waals surface area contributed by atoms with Gasteiger partial charge in [0, 0.05) is 0 Å². The summed E-state index contributed by atoms with van der Waals surface area (Å²) in [5, 5.41) is 2.59. The van der Waals surface area contributed by atoms with E-state index in [1.54, 1.807) is 0 Å². The van der Waals surface area contributed by atoms with E-state index in [1.165, 1.54) is 7.11 Å². The average molecular weight is 371 g/mol. The number of ether oxygens (including phenoxy) is 3. The highest BCUT2D eigenvalue weighted by Gasteiger charge is 2.33. The lowest BCUT2D eigenvalue weighted by atomic mass is 10.0. The summed E-state index contributed by atoms with van der Waals surface area (Å²) >= 11 is 0. The molecule has 0 saturated heterocycles. The van der Waals surface area contributed by atoms with Gasteiger partial charge in [-0.2, -0.15) is 0 Å². The minimum absolute atomic E-state index is 0.0716. The van der Waals surface area contributed by atoms with Crippen LogP contribution in [0.1, 0.15) is 11.1 Å². The summed E-state index contributed by atoms with van der Waals surface area (Å²) < 4.78 is 14.7. The molecule has 0 fully saturated rings. The van der Waals surface area contributed by atoms with Crippen LogP contribution in [0.4, 0.5) is 4.79 Å². The van der Waals surface area contributed by atoms with Gasteiger partial charge < -0.3 is 19.5 Å². The van der Waals surface area contributed by atoms with Crippen molar-refractivity contribution in [3.63, 3.8) is 0 Å². The van der Waals surface area contributed by atoms with Crippen molar-refractivity contribution in [1.82, 2.24) is 5.32 Å². The van der Waals surface area contributed by atoms with Crippen molar-refractivity contribution in [3.05, 3.63) is 71.8 Å². The normalized spacial score (nSPS) is 12.3. The van der Waals surface area contributed by atoms with Crippen molar-refractivity contribution >= 4 is 18.5 Å². The number of alkyl carbamates (subject to hydrolysis) is 1. The van der Waals surface area contributed by atoms with Crippen LogP contribution in [0.2, 0.25) is 0 Å². The van der Waals surface area contributed by atoms with Crippen LogP contribution in [0.15, 0.2) is 60.7 Å². The van der Waals surface area contributed by atoms with Gasteiger partial charge in [0.2, 0.25) is 6.10 Å². The summed E-state index contributed by atoms with van der Waals surface area (Å²) in [5.74, 6) is -0.772. The first-order valence-electron chi connectivity index (χ1n) is 8.32. The maximum atomic E-state index is 12.2. The Morgan fingerprint density at radius 1 is 1.00 bits per heavy atom. The second kappa shape index (κ2) is 10.6. The van der Waals surface area contributed by atoms with Gasteiger partial charge in [-0.05, 0) is 17.5 Å². The van der Waals surface area contributed by atoms with E-state index in [-0.39, 0.29) is 19.5 Å². The van der Waals surface area contributed by atoms with Crippen LogP contribution >= 0.6 is 0 Å². The van der Waals surface area contributed by atoms with Crippen molar-refractivity contribution in [2.75, 3.05) is 7.11 Å². The molecule has 142 valence electrons. The minimum atomic E-state index is -1.29. The van der Waals surface area contributed by atoms with Gasteiger partial charge in [0.15, 0.2) is 0 Å². The molecule has 2 rings (SSSR count). The largest absolute Gasteiger partial charge is 0.466 e. The van der Waals surface area contributed by atoms with Gasteiger partial charge >= 0.3 is 12.1 Å². The van der Waals surface area contributed by atoms with Gasteiger partial charge in [-0.3, -0.25) is 4.79 Å². The molecule has 0 heterocycles. The van der Waals surface area contributed by atoms with Crippen LogP contribution in [0, 0.1) is 0 Å². The van der Waals surface area contributed by atoms with Gasteiger partial charge in [-0.15, -0.1) is 0 Å². The number of hydrogen-bond acceptors (Lipinski definition) is 6. The second-order valence-electron chi connectivity index (χ2n) is 5.68. The molecule has 0 bridgehead atoms. The van der Waals surface area contributed by atoms with Gasteiger partial charge in [-0.25, -0.2) is 9.59 Å². The zero-order valence-electron chi connectivity index (χ0n) is 14.9. The van der Waals surface area contributed by atoms with E-state index >= 15 is 0 Å². The van der Waals surface area contributed by atoms with E-state index in [4.69, 9.17) is 9.47 Å². The maximum Gasteiger partial charge on any atom is 0.407 e. The molecule has 27 heavy (non-hydrogen) atoms. The molecule has 0 spiro atoms. The molecule has 0 unspecified atom stereocenters. The maximum absolute atomic E-state index is 12.2. The Morgan fingerprint density at radius 3 is 2.15 bits per heavy atom. The molecule has 0 aromatic heterocycles. The molecule has 0 aliphatic heterocycles. The Labute approximate surface area is 157 Å². The predicted molar refractivity (Wildman–Crippen MR) is 96.6 cm³/mol. The monoisotopic (exact) mass is 371 g/mol. The number of nitrogens with one attached hydrogen (secondary N) is 1. The molecule has 0 aliphatic rings. The molecule has 0 aliphatic carbocycles. The third kappa shape index (κ3) is 6.47. The fraction of sp³-hybridized carbons (Fsp3) is 0.250. The lowest BCUT2D eigenvalue weighted by Crippen LogP contribution is -2.50. The molecule has 0 saturated carbocycles. The summed E-state index contributed by atoms with van der Waals surface area (Å²) in [7, 11) is 1.18. The van der Waals surface area contributed by atoms with E-state index < -0.39 is 24.2 Å². The van der Waals surface area contributed by atoms with Gasteiger partial charge in [-0.1, -0.05) is 60.7 Å². The Balaban J connectivity index is 2.08. The van der Waals surface area contributed by atoms with Gasteiger partial charge in [0.1, 0.15) is 6.61 Å². The van der Waals surface area contributed by atoms with Crippen molar-refractivity contribution in [2.24, 2.45) is 0 Å². The first-order chi connectivity index (χ1) is 13.1. The summed E-state index contributed by atoms with van der Waals surface area (Å²) in [6, 6.07) is 17.5. The molecular weight excluding hydrogens is 350 g/mol. The summed E-state index contributed by atoms with van der Waals surface area (Å²) in [6.07, 6.45) is -1.78. The molecule has 1 amide bonds. The quantitative estimate of drug-likeness (QED) is 0.413. The van der Waals surface area contributed by atoms with Gasteiger partial charge in [0.05, 0.1) is 13.2 Å². The first kappa shape index (κ1) is 20.0. The standard InChI is InChI=1S/C20H21NO6/c1-25-19(23)18(27-14-22)17(12-15-8-4-2-5-9-15)21-20(24)26-13-16-10-6-3-7-11-16/h2-11,14,17-18H,12-13H2,1H3,(H,21,24)/t17-,18-/m1/s1. The number of carbonyl (C=O) groups excluding carboxylic acids is 3. The zero-order valence-corrected chi connectivity index (χ0v) is 14.9. The Morgan fingerprint density at radius 2 is 1.59 bits per heavy atom. The Hall–Kier alpha value is -3.35. The highest BCUT2D eigenvalue weighted by Crippen LogP contribution is 2.11. The van der Waals surface area contributed by atoms with Crippen LogP contribution < -0.4 is 5.32 Å². The van der Waals surface area contributed by atoms with Crippen LogP contribution in [0.5, 0.6) is 0 Å². The van der Waals surface area contributed by atoms with Crippen LogP contribution in [0.3, 0.4) is 0 Å². The molecular formula is C20H21NO6. The number of amides is 1. The number of rotatable bonds is 9. The number of carbonyl (C=O) groups is 3. The number of methoxy groups -OCH3 is 1. The third-order valence-corrected chi connectivity index (χ3v) is 3.82. The smallest absolute Gasteiger partial charge is 0.407 e. The van der Waals surface area contributed by atoms with E-state index in [0.717, 1.165) is 11.1 Å². The number of hydrogen-bond donors (Lipinski definition) is 1. The second-order valence-corrected chi connectivity index (χ2v) is 5.68. The third-order valence-electron chi connectivity index (χ3n) is 3.82. The van der Waals surface area contributed by atoms with Crippen LogP contribution in [0.25, 0.3) is 0 Å². The molecule has 7 nitrogen and oxygen atoms in total. The highest BCUT2D eigenvalue weighted by molar-refractivity contribution is 5.78. The SMILES string of the molecule is COC(=O)[C@H](OC=O)[C@@H](Cc1ccccc1)NC(=O)OCc1ccccc1. The number of benzene rings is 2. The summed E-state index contributed by atoms with van der Waals surface area (Å²) in [5.41, 5.74) is 1.66. The Kier molecular flexibility index (Phi) is 7.84. The lowest BCUT2D eigenvalue weighted by molar-refractivity contribution is -0.161. The first-order valence-corrected chi connectivity index (χ1v) is 8.32. The molecule has 7 heteroatoms. The fourth-order valence-electron chi connectivity index (χ4n) is 2.51. The van der Waals surface area contributed by atoms with E-state index in [1.807, 2.05) is 60.7 Å². The minimum Gasteiger partial charge on any atom is -0.466 e. The molecule has 0 radical (unpaired) electrons. The van der Waals surface area contributed by atoms with Crippen molar-refractivity contribution in [1.29, 1.82) is 0 Å². The van der Waals surface area contributed by atoms with E-state index in [2.05, 4.69) is 10.1 Å². The van der Waals surface area contributed by atoms with Crippen molar-refractivity contribution in [2.45, 2.75) is 25.2 Å². The van der Waals surface area contributed by atoms with Crippen LogP contribution in [-0.4, -0.2) is 37.8 Å². The lowest BCUT2D eigenvalue weighted by Gasteiger charge is -2.24. The fourth-order valence-corrected chi connectivity index (χ4v) is 2.51. The van der Waals surface area contributed by atoms with E-state index in [0.29, 0.717) is 0 Å². The van der Waals surface area contributed by atoms with Crippen LogP contribution in [-0.2, 0) is 36.8 Å². The van der Waals surface area contributed by atoms with Crippen molar-refractivity contribution < 1.29 is 28.6 Å². The molecule has 2 aromatic carbocycles. The summed E-state index contributed by atoms with van der Waals surface area (Å²) in [4.78, 5) is 35.0. The predicted octanol–water partition coefficient (Wildman–Crippen LogP) is 2.24. The molecule has 2 atom stereocenters. The van der Waals surface area contributed by atoms with Crippen molar-refractivity contribution in [3.8, 4) is 0 Å². The average Bonchev–Trinajstić information content (AvgIpc) is 2.71. The van der Waals surface area contributed by atoms with Gasteiger partial charge in [0.25, 0.3) is 6.47 Å². The molecule has 1 N–H and O–H groups in total.